The van der Waals surface area contributed by atoms with Crippen molar-refractivity contribution in [2.75, 3.05) is 12.0 Å². The molecule has 0 radical (unpaired) electrons. The minimum atomic E-state index is -0.444. The molecule has 3 aromatic carbocycles. The molecule has 43 heavy (non-hydrogen) atoms. The number of aryl methyl sites for hydroxylation is 1. The SMILES string of the molecule is CC1=NN=C(c2cccc(Cc3ccc(Nc4ncnc5cc(CCF)c(CC6CCB(C#N)CC6)cc45)c(F)c3)c2)C1. The smallest absolute Gasteiger partial charge is 0.267 e. The van der Waals surface area contributed by atoms with E-state index in [1.807, 2.05) is 43.3 Å². The molecule has 1 aromatic heterocycles. The molecule has 3 heterocycles. The van der Waals surface area contributed by atoms with Gasteiger partial charge in [-0.2, -0.15) is 10.2 Å². The lowest BCUT2D eigenvalue weighted by Gasteiger charge is -2.24. The number of aromatic nitrogens is 2. The summed E-state index contributed by atoms with van der Waals surface area (Å²) in [5.41, 5.74) is 7.97. The molecule has 0 saturated carbocycles. The van der Waals surface area contributed by atoms with Crippen molar-refractivity contribution < 1.29 is 8.78 Å². The molecule has 216 valence electrons. The number of rotatable bonds is 9. The van der Waals surface area contributed by atoms with E-state index in [1.54, 1.807) is 12.1 Å². The number of anilines is 2. The predicted molar refractivity (Wildman–Crippen MR) is 170 cm³/mol. The molecule has 0 spiro atoms. The molecule has 0 amide bonds. The van der Waals surface area contributed by atoms with Crippen LogP contribution in [0.2, 0.25) is 12.6 Å². The van der Waals surface area contributed by atoms with E-state index in [4.69, 9.17) is 0 Å². The number of hydrogen-bond acceptors (Lipinski definition) is 6. The Morgan fingerprint density at radius 3 is 2.58 bits per heavy atom. The molecule has 0 aliphatic carbocycles. The zero-order chi connectivity index (χ0) is 29.8. The van der Waals surface area contributed by atoms with Gasteiger partial charge in [0, 0.05) is 29.9 Å². The van der Waals surface area contributed by atoms with Crippen molar-refractivity contribution in [3.8, 4) is 5.97 Å². The van der Waals surface area contributed by atoms with E-state index in [-0.39, 0.29) is 12.5 Å². The van der Waals surface area contributed by atoms with Gasteiger partial charge in [-0.3, -0.25) is 4.39 Å². The highest BCUT2D eigenvalue weighted by Gasteiger charge is 2.25. The molecule has 2 aliphatic heterocycles. The normalized spacial score (nSPS) is 15.3. The summed E-state index contributed by atoms with van der Waals surface area (Å²) in [5.74, 6) is 3.00. The van der Waals surface area contributed by atoms with E-state index in [1.165, 1.54) is 6.33 Å². The van der Waals surface area contributed by atoms with E-state index in [2.05, 4.69) is 37.5 Å². The van der Waals surface area contributed by atoms with Crippen molar-refractivity contribution in [1.29, 1.82) is 5.26 Å². The minimum absolute atomic E-state index is 0.139. The summed E-state index contributed by atoms with van der Waals surface area (Å²) in [5, 5.41) is 21.6. The van der Waals surface area contributed by atoms with Gasteiger partial charge in [-0.15, -0.1) is 0 Å². The van der Waals surface area contributed by atoms with Crippen LogP contribution in [0.4, 0.5) is 20.3 Å². The standard InChI is InChI=1S/C34H33BF2N6/c1-22-13-32(43-42-22)27-4-2-3-24(16-27)14-25-5-6-31(30(37)17-25)41-34-29-18-28(15-23-7-10-35(20-38)11-8-23)26(9-12-36)19-33(29)39-21-40-34/h2-6,16-19,21,23H,7-15H2,1H3,(H,39,40,41). The molecule has 9 heteroatoms. The maximum Gasteiger partial charge on any atom is 0.267 e. The van der Waals surface area contributed by atoms with Gasteiger partial charge in [0.25, 0.3) is 6.71 Å². The second kappa shape index (κ2) is 12.8. The molecule has 2 aliphatic rings. The van der Waals surface area contributed by atoms with Crippen LogP contribution >= 0.6 is 0 Å². The van der Waals surface area contributed by atoms with Gasteiger partial charge < -0.3 is 5.32 Å². The van der Waals surface area contributed by atoms with Crippen LogP contribution < -0.4 is 5.32 Å². The van der Waals surface area contributed by atoms with E-state index >= 15 is 4.39 Å². The number of nitriles is 1. The van der Waals surface area contributed by atoms with Crippen molar-refractivity contribution in [2.24, 2.45) is 16.1 Å². The Morgan fingerprint density at radius 1 is 1.00 bits per heavy atom. The molecule has 1 saturated heterocycles. The first-order valence-electron chi connectivity index (χ1n) is 15.0. The molecule has 1 N–H and O–H groups in total. The monoisotopic (exact) mass is 574 g/mol. The number of halogens is 2. The maximum atomic E-state index is 15.4. The molecule has 6 rings (SSSR count). The maximum absolute atomic E-state index is 15.4. The summed E-state index contributed by atoms with van der Waals surface area (Å²) in [6.07, 6.45) is 7.74. The average molecular weight is 574 g/mol. The van der Waals surface area contributed by atoms with Crippen LogP contribution in [0, 0.1) is 23.0 Å². The topological polar surface area (TPSA) is 86.3 Å². The lowest BCUT2D eigenvalue weighted by molar-refractivity contribution is 0.464. The number of nitrogens with zero attached hydrogens (tertiary/aromatic N) is 5. The summed E-state index contributed by atoms with van der Waals surface area (Å²) in [4.78, 5) is 8.89. The molecule has 6 nitrogen and oxygen atoms in total. The summed E-state index contributed by atoms with van der Waals surface area (Å²) < 4.78 is 28.9. The second-order valence-corrected chi connectivity index (χ2v) is 11.7. The van der Waals surface area contributed by atoms with Crippen LogP contribution in [0.25, 0.3) is 10.9 Å². The summed E-state index contributed by atoms with van der Waals surface area (Å²) in [6.45, 7) is 1.66. The summed E-state index contributed by atoms with van der Waals surface area (Å²) in [6, 6.07) is 17.4. The molecular formula is C34H33BF2N6. The van der Waals surface area contributed by atoms with Gasteiger partial charge >= 0.3 is 0 Å². The Balaban J connectivity index is 1.21. The van der Waals surface area contributed by atoms with Crippen molar-refractivity contribution in [3.05, 3.63) is 94.6 Å². The van der Waals surface area contributed by atoms with Gasteiger partial charge in [0.05, 0.1) is 23.6 Å². The zero-order valence-electron chi connectivity index (χ0n) is 24.3. The number of hydrogen-bond donors (Lipinski definition) is 1. The Hall–Kier alpha value is -4.45. The van der Waals surface area contributed by atoms with Crippen molar-refractivity contribution in [2.45, 2.75) is 58.1 Å². The Morgan fingerprint density at radius 2 is 1.84 bits per heavy atom. The number of nitrogens with one attached hydrogen (secondary N) is 1. The molecule has 0 atom stereocenters. The first kappa shape index (κ1) is 28.7. The first-order chi connectivity index (χ1) is 21.0. The highest BCUT2D eigenvalue weighted by atomic mass is 19.1. The second-order valence-electron chi connectivity index (χ2n) is 11.7. The van der Waals surface area contributed by atoms with Crippen LogP contribution in [0.1, 0.15) is 54.0 Å². The fourth-order valence-corrected chi connectivity index (χ4v) is 6.23. The predicted octanol–water partition coefficient (Wildman–Crippen LogP) is 7.69. The fourth-order valence-electron chi connectivity index (χ4n) is 6.23. The van der Waals surface area contributed by atoms with E-state index in [0.717, 1.165) is 83.0 Å². The van der Waals surface area contributed by atoms with Crippen LogP contribution in [0.5, 0.6) is 0 Å². The fraction of sp³-hybridized carbons (Fsp3) is 0.324. The third-order valence-corrected chi connectivity index (χ3v) is 8.58. The third kappa shape index (κ3) is 6.64. The summed E-state index contributed by atoms with van der Waals surface area (Å²) >= 11 is 0. The minimum Gasteiger partial charge on any atom is -0.337 e. The van der Waals surface area contributed by atoms with Crippen LogP contribution in [0.3, 0.4) is 0 Å². The van der Waals surface area contributed by atoms with Crippen LogP contribution in [-0.2, 0) is 19.3 Å². The lowest BCUT2D eigenvalue weighted by atomic mass is 9.41. The van der Waals surface area contributed by atoms with E-state index < -0.39 is 6.67 Å². The third-order valence-electron chi connectivity index (χ3n) is 8.58. The van der Waals surface area contributed by atoms with Crippen LogP contribution in [-0.4, -0.2) is 34.8 Å². The van der Waals surface area contributed by atoms with Gasteiger partial charge in [0.15, 0.2) is 0 Å². The van der Waals surface area contributed by atoms with Gasteiger partial charge in [0.1, 0.15) is 18.0 Å². The summed E-state index contributed by atoms with van der Waals surface area (Å²) in [7, 11) is 0. The van der Waals surface area contributed by atoms with Gasteiger partial charge in [0.2, 0.25) is 0 Å². The molecular weight excluding hydrogens is 541 g/mol. The molecule has 0 unspecified atom stereocenters. The van der Waals surface area contributed by atoms with Gasteiger partial charge in [-0.1, -0.05) is 49.7 Å². The van der Waals surface area contributed by atoms with Crippen molar-refractivity contribution >= 4 is 40.5 Å². The number of alkyl halides is 1. The molecule has 4 aromatic rings. The van der Waals surface area contributed by atoms with Crippen LogP contribution in [0.15, 0.2) is 71.1 Å². The average Bonchev–Trinajstić information content (AvgIpc) is 3.46. The molecule has 0 bridgehead atoms. The quantitative estimate of drug-likeness (QED) is 0.208. The largest absolute Gasteiger partial charge is 0.337 e. The highest BCUT2D eigenvalue weighted by Crippen LogP contribution is 2.33. The van der Waals surface area contributed by atoms with E-state index in [0.29, 0.717) is 35.8 Å². The Bertz CT molecular complexity index is 1750. The Kier molecular flexibility index (Phi) is 8.55. The van der Waals surface area contributed by atoms with E-state index in [9.17, 15) is 9.65 Å². The first-order valence-corrected chi connectivity index (χ1v) is 15.0. The van der Waals surface area contributed by atoms with Crippen molar-refractivity contribution in [3.63, 3.8) is 0 Å². The van der Waals surface area contributed by atoms with Gasteiger partial charge in [-0.25, -0.2) is 19.6 Å². The Labute approximate surface area is 251 Å². The zero-order valence-corrected chi connectivity index (χ0v) is 24.3. The number of benzene rings is 3. The van der Waals surface area contributed by atoms with Crippen molar-refractivity contribution in [1.82, 2.24) is 9.97 Å². The number of fused-ring (bicyclic) bond motifs is 1. The van der Waals surface area contributed by atoms with Gasteiger partial charge in [-0.05, 0) is 83.8 Å². The highest BCUT2D eigenvalue weighted by molar-refractivity contribution is 6.67. The molecule has 1 fully saturated rings. The lowest BCUT2D eigenvalue weighted by Crippen LogP contribution is -2.21.